The number of ketones is 2. The monoisotopic (exact) mass is 304 g/mol. The number of benzene rings is 1. The molecule has 0 aromatic heterocycles. The summed E-state index contributed by atoms with van der Waals surface area (Å²) in [5.41, 5.74) is 3.32. The SMILES string of the molecule is CCCCCCOc1ccc(NN=C(C(C)=O)C(C)=O)cc1. The molecule has 0 bridgehead atoms. The molecule has 0 aliphatic heterocycles. The number of nitrogens with one attached hydrogen (secondary N) is 1. The number of rotatable bonds is 10. The average molecular weight is 304 g/mol. The first-order chi connectivity index (χ1) is 10.5. The van der Waals surface area contributed by atoms with Crippen LogP contribution in [0.5, 0.6) is 5.75 Å². The Kier molecular flexibility index (Phi) is 7.89. The summed E-state index contributed by atoms with van der Waals surface area (Å²) in [5.74, 6) is 0.0865. The van der Waals surface area contributed by atoms with E-state index in [4.69, 9.17) is 4.74 Å². The van der Waals surface area contributed by atoms with Crippen LogP contribution >= 0.6 is 0 Å². The van der Waals surface area contributed by atoms with E-state index in [1.54, 1.807) is 12.1 Å². The van der Waals surface area contributed by atoms with E-state index in [2.05, 4.69) is 17.5 Å². The van der Waals surface area contributed by atoms with Crippen LogP contribution in [-0.4, -0.2) is 23.9 Å². The van der Waals surface area contributed by atoms with E-state index in [-0.39, 0.29) is 17.3 Å². The number of hydrazone groups is 1. The molecule has 0 aliphatic rings. The second-order valence-electron chi connectivity index (χ2n) is 5.12. The first kappa shape index (κ1) is 17.9. The van der Waals surface area contributed by atoms with Crippen LogP contribution in [0.1, 0.15) is 46.5 Å². The van der Waals surface area contributed by atoms with Gasteiger partial charge in [0, 0.05) is 13.8 Å². The molecule has 0 saturated heterocycles. The van der Waals surface area contributed by atoms with Gasteiger partial charge in [-0.3, -0.25) is 15.0 Å². The van der Waals surface area contributed by atoms with E-state index < -0.39 is 0 Å². The minimum Gasteiger partial charge on any atom is -0.494 e. The number of carbonyl (C=O) groups excluding carboxylic acids is 2. The van der Waals surface area contributed by atoms with Gasteiger partial charge in [0.25, 0.3) is 0 Å². The number of nitrogens with zero attached hydrogens (tertiary/aromatic N) is 1. The lowest BCUT2D eigenvalue weighted by Gasteiger charge is -2.07. The zero-order valence-electron chi connectivity index (χ0n) is 13.5. The third-order valence-corrected chi connectivity index (χ3v) is 3.08. The van der Waals surface area contributed by atoms with Crippen LogP contribution in [0.3, 0.4) is 0 Å². The quantitative estimate of drug-likeness (QED) is 0.310. The van der Waals surface area contributed by atoms with E-state index in [0.717, 1.165) is 12.2 Å². The third-order valence-electron chi connectivity index (χ3n) is 3.08. The summed E-state index contributed by atoms with van der Waals surface area (Å²) < 4.78 is 5.64. The van der Waals surface area contributed by atoms with Crippen LogP contribution in [0.2, 0.25) is 0 Å². The minimum atomic E-state index is -0.355. The molecule has 22 heavy (non-hydrogen) atoms. The van der Waals surface area contributed by atoms with Crippen molar-refractivity contribution in [2.24, 2.45) is 5.10 Å². The van der Waals surface area contributed by atoms with Crippen molar-refractivity contribution in [3.8, 4) is 5.75 Å². The molecule has 0 fully saturated rings. The summed E-state index contributed by atoms with van der Waals surface area (Å²) in [6.45, 7) is 5.53. The van der Waals surface area contributed by atoms with Crippen LogP contribution in [0, 0.1) is 0 Å². The van der Waals surface area contributed by atoms with Crippen LogP contribution in [0.4, 0.5) is 5.69 Å². The van der Waals surface area contributed by atoms with Gasteiger partial charge in [0.2, 0.25) is 0 Å². The molecule has 0 atom stereocenters. The lowest BCUT2D eigenvalue weighted by Crippen LogP contribution is -2.20. The third kappa shape index (κ3) is 6.52. The summed E-state index contributed by atoms with van der Waals surface area (Å²) in [6, 6.07) is 7.25. The van der Waals surface area contributed by atoms with Crippen LogP contribution in [0.25, 0.3) is 0 Å². The highest BCUT2D eigenvalue weighted by molar-refractivity contribution is 6.65. The molecule has 0 radical (unpaired) electrons. The Labute approximate surface area is 131 Å². The lowest BCUT2D eigenvalue weighted by molar-refractivity contribution is -0.114. The second-order valence-corrected chi connectivity index (χ2v) is 5.12. The molecule has 0 unspecified atom stereocenters. The Balaban J connectivity index is 2.49. The molecule has 5 nitrogen and oxygen atoms in total. The maximum absolute atomic E-state index is 11.2. The second kappa shape index (κ2) is 9.71. The fraction of sp³-hybridized carbons (Fsp3) is 0.471. The zero-order valence-corrected chi connectivity index (χ0v) is 13.5. The summed E-state index contributed by atoms with van der Waals surface area (Å²) in [6.07, 6.45) is 4.69. The van der Waals surface area contributed by atoms with Crippen LogP contribution in [-0.2, 0) is 9.59 Å². The van der Waals surface area contributed by atoms with E-state index in [0.29, 0.717) is 12.3 Å². The highest BCUT2D eigenvalue weighted by Gasteiger charge is 2.11. The predicted octanol–water partition coefficient (Wildman–Crippen LogP) is 3.59. The number of ether oxygens (including phenoxy) is 1. The normalized spacial score (nSPS) is 9.95. The Morgan fingerprint density at radius 1 is 1.05 bits per heavy atom. The van der Waals surface area contributed by atoms with Gasteiger partial charge in [0.15, 0.2) is 17.3 Å². The predicted molar refractivity (Wildman–Crippen MR) is 88.5 cm³/mol. The first-order valence-electron chi connectivity index (χ1n) is 7.63. The van der Waals surface area contributed by atoms with Crippen molar-refractivity contribution in [1.29, 1.82) is 0 Å². The molecule has 1 N–H and O–H groups in total. The molecule has 0 amide bonds. The Bertz CT molecular complexity index is 505. The first-order valence-corrected chi connectivity index (χ1v) is 7.63. The van der Waals surface area contributed by atoms with Crippen molar-refractivity contribution < 1.29 is 14.3 Å². The van der Waals surface area contributed by atoms with E-state index >= 15 is 0 Å². The van der Waals surface area contributed by atoms with Crippen molar-refractivity contribution >= 4 is 23.0 Å². The smallest absolute Gasteiger partial charge is 0.183 e. The van der Waals surface area contributed by atoms with Gasteiger partial charge in [-0.25, -0.2) is 0 Å². The van der Waals surface area contributed by atoms with Crippen molar-refractivity contribution in [2.75, 3.05) is 12.0 Å². The maximum atomic E-state index is 11.2. The van der Waals surface area contributed by atoms with Crippen molar-refractivity contribution in [2.45, 2.75) is 46.5 Å². The van der Waals surface area contributed by atoms with Gasteiger partial charge >= 0.3 is 0 Å². The molecule has 5 heteroatoms. The number of hydrogen-bond donors (Lipinski definition) is 1. The summed E-state index contributed by atoms with van der Waals surface area (Å²) in [5, 5.41) is 3.85. The molecule has 1 aromatic rings. The van der Waals surface area contributed by atoms with Gasteiger partial charge in [-0.05, 0) is 30.7 Å². The molecular formula is C17H24N2O3. The van der Waals surface area contributed by atoms with E-state index in [1.807, 2.05) is 12.1 Å². The average Bonchev–Trinajstić information content (AvgIpc) is 2.48. The molecule has 0 spiro atoms. The number of unbranched alkanes of at least 4 members (excludes halogenated alkanes) is 3. The Morgan fingerprint density at radius 3 is 2.23 bits per heavy atom. The number of hydrogen-bond acceptors (Lipinski definition) is 5. The van der Waals surface area contributed by atoms with Crippen LogP contribution in [0.15, 0.2) is 29.4 Å². The van der Waals surface area contributed by atoms with Crippen molar-refractivity contribution in [3.05, 3.63) is 24.3 Å². The highest BCUT2D eigenvalue weighted by Crippen LogP contribution is 2.16. The molecule has 0 aliphatic carbocycles. The molecule has 1 rings (SSSR count). The zero-order chi connectivity index (χ0) is 16.4. The molecule has 0 heterocycles. The van der Waals surface area contributed by atoms with Crippen molar-refractivity contribution in [1.82, 2.24) is 0 Å². The van der Waals surface area contributed by atoms with Gasteiger partial charge in [-0.15, -0.1) is 0 Å². The summed E-state index contributed by atoms with van der Waals surface area (Å²) >= 11 is 0. The molecule has 120 valence electrons. The lowest BCUT2D eigenvalue weighted by atomic mass is 10.2. The van der Waals surface area contributed by atoms with E-state index in [1.165, 1.54) is 33.1 Å². The largest absolute Gasteiger partial charge is 0.494 e. The van der Waals surface area contributed by atoms with Crippen molar-refractivity contribution in [3.63, 3.8) is 0 Å². The maximum Gasteiger partial charge on any atom is 0.183 e. The van der Waals surface area contributed by atoms with Gasteiger partial charge in [0.05, 0.1) is 12.3 Å². The summed E-state index contributed by atoms with van der Waals surface area (Å²) in [4.78, 5) is 22.5. The van der Waals surface area contributed by atoms with Gasteiger partial charge in [-0.2, -0.15) is 5.10 Å². The summed E-state index contributed by atoms with van der Waals surface area (Å²) in [7, 11) is 0. The van der Waals surface area contributed by atoms with Gasteiger partial charge < -0.3 is 4.74 Å². The Hall–Kier alpha value is -2.17. The molecule has 1 aromatic carbocycles. The van der Waals surface area contributed by atoms with Gasteiger partial charge in [0.1, 0.15) is 5.75 Å². The highest BCUT2D eigenvalue weighted by atomic mass is 16.5. The molecular weight excluding hydrogens is 280 g/mol. The fourth-order valence-electron chi connectivity index (χ4n) is 1.87. The number of carbonyl (C=O) groups is 2. The van der Waals surface area contributed by atoms with Gasteiger partial charge in [-0.1, -0.05) is 26.2 Å². The topological polar surface area (TPSA) is 67.8 Å². The fourth-order valence-corrected chi connectivity index (χ4v) is 1.87. The number of Topliss-reactive ketones (excluding diaryl/α,β-unsaturated/α-hetero) is 2. The standard InChI is InChI=1S/C17H24N2O3/c1-4-5-6-7-12-22-16-10-8-15(9-11-16)18-19-17(13(2)20)14(3)21/h8-11,18H,4-7,12H2,1-3H3. The van der Waals surface area contributed by atoms with Crippen LogP contribution < -0.4 is 10.2 Å². The Morgan fingerprint density at radius 2 is 1.68 bits per heavy atom. The number of anilines is 1. The molecule has 0 saturated carbocycles. The minimum absolute atomic E-state index is 0.0868. The van der Waals surface area contributed by atoms with E-state index in [9.17, 15) is 9.59 Å².